The van der Waals surface area contributed by atoms with Gasteiger partial charge in [0.05, 0.1) is 41.0 Å². The van der Waals surface area contributed by atoms with Gasteiger partial charge in [0.15, 0.2) is 5.88 Å². The van der Waals surface area contributed by atoms with E-state index in [2.05, 4.69) is 65.5 Å². The zero-order chi connectivity index (χ0) is 35.6. The second-order valence-corrected chi connectivity index (χ2v) is 15.5. The molecule has 0 spiro atoms. The van der Waals surface area contributed by atoms with Crippen molar-refractivity contribution in [2.45, 2.75) is 79.4 Å². The summed E-state index contributed by atoms with van der Waals surface area (Å²) in [6, 6.07) is 8.27. The Bertz CT molecular complexity index is 1670. The van der Waals surface area contributed by atoms with Gasteiger partial charge in [-0.1, -0.05) is 13.8 Å². The molecule has 49 heavy (non-hydrogen) atoms. The van der Waals surface area contributed by atoms with Crippen LogP contribution in [0.1, 0.15) is 73.8 Å². The van der Waals surface area contributed by atoms with Crippen molar-refractivity contribution < 1.29 is 14.3 Å². The van der Waals surface area contributed by atoms with Crippen LogP contribution >= 0.6 is 0 Å². The molecule has 264 valence electrons. The molecular weight excluding hydrogens is 616 g/mol. The molecule has 2 aliphatic rings. The molecule has 0 aromatic carbocycles. The van der Waals surface area contributed by atoms with Crippen molar-refractivity contribution in [1.82, 2.24) is 29.7 Å². The molecule has 0 unspecified atom stereocenters. The fourth-order valence-electron chi connectivity index (χ4n) is 7.17. The molecule has 2 saturated heterocycles. The van der Waals surface area contributed by atoms with Crippen LogP contribution in [0.3, 0.4) is 0 Å². The maximum atomic E-state index is 14.0. The van der Waals surface area contributed by atoms with E-state index in [0.717, 1.165) is 68.0 Å². The molecule has 1 N–H and O–H groups in total. The van der Waals surface area contributed by atoms with Crippen LogP contribution in [-0.4, -0.2) is 93.9 Å². The Hall–Kier alpha value is -4.30. The molecule has 0 radical (unpaired) electrons. The number of hydrogen-bond acceptors (Lipinski definition) is 9. The van der Waals surface area contributed by atoms with Crippen molar-refractivity contribution in [3.05, 3.63) is 54.8 Å². The molecular formula is C38H54N8O3. The van der Waals surface area contributed by atoms with Crippen LogP contribution in [0.25, 0.3) is 16.6 Å². The third kappa shape index (κ3) is 8.13. The quantitative estimate of drug-likeness (QED) is 0.257. The van der Waals surface area contributed by atoms with Crippen molar-refractivity contribution in [1.29, 1.82) is 5.26 Å². The van der Waals surface area contributed by atoms with Crippen molar-refractivity contribution in [2.24, 2.45) is 11.3 Å². The van der Waals surface area contributed by atoms with Gasteiger partial charge in [-0.05, 0) is 85.1 Å². The van der Waals surface area contributed by atoms with Gasteiger partial charge in [-0.25, -0.2) is 9.50 Å². The van der Waals surface area contributed by atoms with Gasteiger partial charge in [-0.2, -0.15) is 10.4 Å². The van der Waals surface area contributed by atoms with E-state index in [1.807, 2.05) is 52.1 Å². The molecule has 11 heteroatoms. The lowest BCUT2D eigenvalue weighted by atomic mass is 9.76. The fourth-order valence-corrected chi connectivity index (χ4v) is 7.17. The van der Waals surface area contributed by atoms with Gasteiger partial charge in [-0.15, -0.1) is 0 Å². The summed E-state index contributed by atoms with van der Waals surface area (Å²) in [5.74, 6) is 2.78. The van der Waals surface area contributed by atoms with E-state index in [4.69, 9.17) is 14.5 Å². The number of carbonyl (C=O) groups excluding carboxylic acids is 1. The molecule has 0 aliphatic carbocycles. The maximum Gasteiger partial charge on any atom is 0.227 e. The molecule has 0 saturated carbocycles. The van der Waals surface area contributed by atoms with E-state index >= 15 is 0 Å². The number of piperidine rings is 1. The van der Waals surface area contributed by atoms with Crippen molar-refractivity contribution >= 4 is 17.2 Å². The number of aromatic nitrogens is 3. The molecule has 11 nitrogen and oxygen atoms in total. The van der Waals surface area contributed by atoms with Gasteiger partial charge in [0, 0.05) is 63.1 Å². The van der Waals surface area contributed by atoms with Crippen molar-refractivity contribution in [3.63, 3.8) is 0 Å². The number of nitrogens with one attached hydrogen (secondary N) is 1. The van der Waals surface area contributed by atoms with Gasteiger partial charge in [0.1, 0.15) is 23.2 Å². The Balaban J connectivity index is 1.32. The van der Waals surface area contributed by atoms with Gasteiger partial charge >= 0.3 is 0 Å². The molecule has 2 aliphatic heterocycles. The first-order valence-electron chi connectivity index (χ1n) is 17.6. The van der Waals surface area contributed by atoms with Crippen LogP contribution in [0.5, 0.6) is 5.75 Å². The topological polar surface area (TPSA) is 111 Å². The lowest BCUT2D eigenvalue weighted by Crippen LogP contribution is -2.62. The summed E-state index contributed by atoms with van der Waals surface area (Å²) in [7, 11) is 0. The predicted molar refractivity (Wildman–Crippen MR) is 193 cm³/mol. The highest BCUT2D eigenvalue weighted by Gasteiger charge is 2.45. The number of hydrogen-bond donors (Lipinski definition) is 1. The lowest BCUT2D eigenvalue weighted by Gasteiger charge is -2.51. The Morgan fingerprint density at radius 2 is 1.88 bits per heavy atom. The largest absolute Gasteiger partial charge is 0.492 e. The number of pyridine rings is 2. The highest BCUT2D eigenvalue weighted by molar-refractivity contribution is 5.85. The van der Waals surface area contributed by atoms with Gasteiger partial charge in [-0.3, -0.25) is 9.69 Å². The highest BCUT2D eigenvalue weighted by atomic mass is 16.5. The zero-order valence-electron chi connectivity index (χ0n) is 30.7. The van der Waals surface area contributed by atoms with E-state index in [1.54, 1.807) is 16.9 Å². The summed E-state index contributed by atoms with van der Waals surface area (Å²) < 4.78 is 13.6. The first-order valence-corrected chi connectivity index (χ1v) is 17.6. The van der Waals surface area contributed by atoms with E-state index < -0.39 is 5.41 Å². The lowest BCUT2D eigenvalue weighted by molar-refractivity contribution is -0.135. The second kappa shape index (κ2) is 14.3. The summed E-state index contributed by atoms with van der Waals surface area (Å²) in [6.07, 6.45) is 6.69. The third-order valence-electron chi connectivity index (χ3n) is 9.51. The number of carbonyl (C=O) groups is 1. The predicted octanol–water partition coefficient (Wildman–Crippen LogP) is 5.71. The number of fused-ring (bicyclic) bond motifs is 1. The van der Waals surface area contributed by atoms with Crippen molar-refractivity contribution in [3.8, 4) is 22.9 Å². The molecule has 0 bridgehead atoms. The number of nitrogens with zero attached hydrogens (tertiary/aromatic N) is 7. The minimum atomic E-state index is -0.497. The average Bonchev–Trinajstić information content (AvgIpc) is 3.45. The van der Waals surface area contributed by atoms with Crippen LogP contribution in [0.4, 0.5) is 5.82 Å². The number of rotatable bonds is 11. The molecule has 1 amide bonds. The fraction of sp³-hybridized carbons (Fsp3) is 0.579. The van der Waals surface area contributed by atoms with Crippen LogP contribution < -0.4 is 15.0 Å². The van der Waals surface area contributed by atoms with Crippen LogP contribution in [0.15, 0.2) is 49.3 Å². The number of nitriles is 1. The summed E-state index contributed by atoms with van der Waals surface area (Å²) >= 11 is 0. The summed E-state index contributed by atoms with van der Waals surface area (Å²) in [4.78, 5) is 25.9. The number of amides is 1. The normalized spacial score (nSPS) is 18.0. The van der Waals surface area contributed by atoms with Crippen LogP contribution in [0, 0.1) is 22.7 Å². The maximum absolute atomic E-state index is 14.0. The Morgan fingerprint density at radius 3 is 2.47 bits per heavy atom. The van der Waals surface area contributed by atoms with Crippen LogP contribution in [0.2, 0.25) is 0 Å². The number of piperazine rings is 1. The smallest absolute Gasteiger partial charge is 0.227 e. The Kier molecular flexibility index (Phi) is 10.5. The summed E-state index contributed by atoms with van der Waals surface area (Å²) in [5, 5.41) is 17.4. The van der Waals surface area contributed by atoms with Crippen molar-refractivity contribution in [2.75, 3.05) is 57.3 Å². The molecule has 3 aromatic rings. The summed E-state index contributed by atoms with van der Waals surface area (Å²) in [6.45, 7) is 26.8. The van der Waals surface area contributed by atoms with E-state index in [1.165, 1.54) is 0 Å². The van der Waals surface area contributed by atoms with E-state index in [0.29, 0.717) is 42.8 Å². The first-order chi connectivity index (χ1) is 23.1. The zero-order valence-corrected chi connectivity index (χ0v) is 30.7. The first kappa shape index (κ1) is 36.0. The highest BCUT2D eigenvalue weighted by Crippen LogP contribution is 2.38. The Morgan fingerprint density at radius 1 is 1.14 bits per heavy atom. The molecule has 5 rings (SSSR count). The SMILES string of the molecule is C=C(OC(C)(C)C)N1CCN(CC2(C(=O)NCC(C)C)CCN(c3ccc(-c4cc(OCC)cn5ncc(C#N)c45)cn3)CC2)CC1(C)C. The summed E-state index contributed by atoms with van der Waals surface area (Å²) in [5.41, 5.74) is 1.95. The van der Waals surface area contributed by atoms with E-state index in [-0.39, 0.29) is 17.0 Å². The van der Waals surface area contributed by atoms with Gasteiger partial charge in [0.2, 0.25) is 5.91 Å². The van der Waals surface area contributed by atoms with Gasteiger partial charge in [0.25, 0.3) is 0 Å². The third-order valence-corrected chi connectivity index (χ3v) is 9.51. The molecule has 3 aromatic heterocycles. The monoisotopic (exact) mass is 670 g/mol. The van der Waals surface area contributed by atoms with Gasteiger partial charge < -0.3 is 24.6 Å². The average molecular weight is 671 g/mol. The Labute approximate surface area is 291 Å². The minimum absolute atomic E-state index is 0.150. The molecule has 0 atom stereocenters. The number of ether oxygens (including phenoxy) is 2. The van der Waals surface area contributed by atoms with E-state index in [9.17, 15) is 10.1 Å². The van der Waals surface area contributed by atoms with Crippen LogP contribution in [-0.2, 0) is 9.53 Å². The molecule has 5 heterocycles. The second-order valence-electron chi connectivity index (χ2n) is 15.5. The standard InChI is InChI=1S/C38H54N8O3/c1-10-48-31-19-32(34-30(20-39)23-42-46(34)24-31)29-11-12-33(40-22-29)44-15-13-38(14-16-44,35(47)41-21-27(2)3)26-43-17-18-45(37(8,9)25-43)28(4)49-36(5,6)7/h11-12,19,22-24,27H,4,10,13-18,21,25-26H2,1-3,5-9H3,(H,41,47). The number of anilines is 1. The molecule has 2 fully saturated rings. The minimum Gasteiger partial charge on any atom is -0.492 e.